The molecule has 3 amide bonds. The number of urea groups is 1. The summed E-state index contributed by atoms with van der Waals surface area (Å²) in [7, 11) is 0. The molecule has 0 aromatic heterocycles. The molecule has 0 bridgehead atoms. The van der Waals surface area contributed by atoms with Crippen molar-refractivity contribution in [3.63, 3.8) is 0 Å². The molecule has 5 heteroatoms. The topological polar surface area (TPSA) is 52.7 Å². The average Bonchev–Trinajstić information content (AvgIpc) is 2.52. The van der Waals surface area contributed by atoms with Gasteiger partial charge in [0.1, 0.15) is 0 Å². The zero-order valence-electron chi connectivity index (χ0n) is 12.9. The summed E-state index contributed by atoms with van der Waals surface area (Å²) in [6.45, 7) is 3.87. The first-order valence-corrected chi connectivity index (χ1v) is 8.15. The number of nitrogens with one attached hydrogen (secondary N) is 1. The molecule has 2 aliphatic rings. The molecule has 1 aromatic carbocycles. The fourth-order valence-corrected chi connectivity index (χ4v) is 2.90. The molecular formula is C17H23N3O2. The SMILES string of the molecule is O=C(NCc1cccc(C(=O)N2CCCCC2)c1)N1CCC1. The second kappa shape index (κ2) is 6.81. The van der Waals surface area contributed by atoms with Crippen molar-refractivity contribution in [1.29, 1.82) is 0 Å². The molecular weight excluding hydrogens is 278 g/mol. The lowest BCUT2D eigenvalue weighted by Crippen LogP contribution is -2.47. The standard InChI is InChI=1S/C17H23N3O2/c21-16(19-8-2-1-3-9-19)15-7-4-6-14(12-15)13-18-17(22)20-10-5-11-20/h4,6-7,12H,1-3,5,8-11,13H2,(H,18,22). The molecule has 0 unspecified atom stereocenters. The van der Waals surface area contributed by atoms with E-state index in [0.717, 1.165) is 56.6 Å². The van der Waals surface area contributed by atoms with Crippen LogP contribution in [0, 0.1) is 0 Å². The maximum Gasteiger partial charge on any atom is 0.317 e. The van der Waals surface area contributed by atoms with Crippen molar-refractivity contribution in [2.75, 3.05) is 26.2 Å². The van der Waals surface area contributed by atoms with Crippen LogP contribution in [0.2, 0.25) is 0 Å². The van der Waals surface area contributed by atoms with E-state index in [-0.39, 0.29) is 11.9 Å². The van der Waals surface area contributed by atoms with Crippen molar-refractivity contribution in [2.24, 2.45) is 0 Å². The molecule has 118 valence electrons. The van der Waals surface area contributed by atoms with E-state index >= 15 is 0 Å². The Labute approximate surface area is 131 Å². The number of amides is 3. The minimum Gasteiger partial charge on any atom is -0.339 e. The Morgan fingerprint density at radius 2 is 1.68 bits per heavy atom. The van der Waals surface area contributed by atoms with Gasteiger partial charge in [0.2, 0.25) is 0 Å². The van der Waals surface area contributed by atoms with Gasteiger partial charge in [0.15, 0.2) is 0 Å². The number of benzene rings is 1. The fraction of sp³-hybridized carbons (Fsp3) is 0.529. The lowest BCUT2D eigenvalue weighted by Gasteiger charge is -2.30. The van der Waals surface area contributed by atoms with E-state index in [1.165, 1.54) is 6.42 Å². The first-order chi connectivity index (χ1) is 10.7. The Balaban J connectivity index is 1.59. The molecule has 2 saturated heterocycles. The molecule has 2 heterocycles. The summed E-state index contributed by atoms with van der Waals surface area (Å²) in [6.07, 6.45) is 4.49. The number of likely N-dealkylation sites (tertiary alicyclic amines) is 2. The highest BCUT2D eigenvalue weighted by Crippen LogP contribution is 2.14. The van der Waals surface area contributed by atoms with Gasteiger partial charge in [-0.3, -0.25) is 4.79 Å². The van der Waals surface area contributed by atoms with Gasteiger partial charge in [-0.15, -0.1) is 0 Å². The highest BCUT2D eigenvalue weighted by molar-refractivity contribution is 5.94. The van der Waals surface area contributed by atoms with Gasteiger partial charge in [0, 0.05) is 38.3 Å². The van der Waals surface area contributed by atoms with Gasteiger partial charge in [-0.05, 0) is 43.4 Å². The second-order valence-corrected chi connectivity index (χ2v) is 6.05. The normalized spacial score (nSPS) is 17.8. The first kappa shape index (κ1) is 14.9. The smallest absolute Gasteiger partial charge is 0.317 e. The Kier molecular flexibility index (Phi) is 4.61. The molecule has 5 nitrogen and oxygen atoms in total. The van der Waals surface area contributed by atoms with Crippen LogP contribution in [0.25, 0.3) is 0 Å². The Morgan fingerprint density at radius 3 is 2.36 bits per heavy atom. The highest BCUT2D eigenvalue weighted by Gasteiger charge is 2.20. The maximum atomic E-state index is 12.5. The predicted molar refractivity (Wildman–Crippen MR) is 84.6 cm³/mol. The molecule has 0 radical (unpaired) electrons. The van der Waals surface area contributed by atoms with Crippen LogP contribution in [0.1, 0.15) is 41.6 Å². The van der Waals surface area contributed by atoms with Gasteiger partial charge in [0.25, 0.3) is 5.91 Å². The third-order valence-electron chi connectivity index (χ3n) is 4.40. The fourth-order valence-electron chi connectivity index (χ4n) is 2.90. The minimum atomic E-state index is -0.0148. The molecule has 0 aliphatic carbocycles. The van der Waals surface area contributed by atoms with E-state index in [0.29, 0.717) is 6.54 Å². The van der Waals surface area contributed by atoms with Crippen molar-refractivity contribution in [2.45, 2.75) is 32.2 Å². The largest absolute Gasteiger partial charge is 0.339 e. The average molecular weight is 301 g/mol. The maximum absolute atomic E-state index is 12.5. The highest BCUT2D eigenvalue weighted by atomic mass is 16.2. The van der Waals surface area contributed by atoms with Crippen molar-refractivity contribution in [3.8, 4) is 0 Å². The van der Waals surface area contributed by atoms with Crippen LogP contribution in [0.5, 0.6) is 0 Å². The Hall–Kier alpha value is -2.04. The van der Waals surface area contributed by atoms with E-state index in [1.54, 1.807) is 4.90 Å². The monoisotopic (exact) mass is 301 g/mol. The summed E-state index contributed by atoms with van der Waals surface area (Å²) >= 11 is 0. The molecule has 1 aromatic rings. The number of carbonyl (C=O) groups excluding carboxylic acids is 2. The summed E-state index contributed by atoms with van der Waals surface area (Å²) in [5.41, 5.74) is 1.69. The summed E-state index contributed by atoms with van der Waals surface area (Å²) in [5, 5.41) is 2.91. The van der Waals surface area contributed by atoms with Crippen LogP contribution in [-0.4, -0.2) is 47.9 Å². The van der Waals surface area contributed by atoms with E-state index in [1.807, 2.05) is 29.2 Å². The van der Waals surface area contributed by atoms with Crippen LogP contribution >= 0.6 is 0 Å². The van der Waals surface area contributed by atoms with Crippen molar-refractivity contribution >= 4 is 11.9 Å². The van der Waals surface area contributed by atoms with E-state index in [9.17, 15) is 9.59 Å². The number of hydrogen-bond acceptors (Lipinski definition) is 2. The number of hydrogen-bond donors (Lipinski definition) is 1. The minimum absolute atomic E-state index is 0.0148. The van der Waals surface area contributed by atoms with Gasteiger partial charge >= 0.3 is 6.03 Å². The van der Waals surface area contributed by atoms with E-state index < -0.39 is 0 Å². The summed E-state index contributed by atoms with van der Waals surface area (Å²) in [4.78, 5) is 28.0. The number of piperidine rings is 1. The van der Waals surface area contributed by atoms with E-state index in [4.69, 9.17) is 0 Å². The molecule has 0 spiro atoms. The number of rotatable bonds is 3. The summed E-state index contributed by atoms with van der Waals surface area (Å²) in [5.74, 6) is 0.107. The van der Waals surface area contributed by atoms with Crippen LogP contribution in [0.4, 0.5) is 4.79 Å². The zero-order valence-corrected chi connectivity index (χ0v) is 12.9. The van der Waals surface area contributed by atoms with Gasteiger partial charge in [-0.25, -0.2) is 4.79 Å². The quantitative estimate of drug-likeness (QED) is 0.931. The number of nitrogens with zero attached hydrogens (tertiary/aromatic N) is 2. The van der Waals surface area contributed by atoms with Crippen LogP contribution in [-0.2, 0) is 6.54 Å². The molecule has 22 heavy (non-hydrogen) atoms. The molecule has 0 saturated carbocycles. The Morgan fingerprint density at radius 1 is 0.955 bits per heavy atom. The molecule has 2 aliphatic heterocycles. The Bertz CT molecular complexity index is 549. The molecule has 0 atom stereocenters. The predicted octanol–water partition coefficient (Wildman–Crippen LogP) is 2.23. The molecule has 2 fully saturated rings. The zero-order chi connectivity index (χ0) is 15.4. The van der Waals surface area contributed by atoms with Crippen molar-refractivity contribution < 1.29 is 9.59 Å². The van der Waals surface area contributed by atoms with Crippen molar-refractivity contribution in [3.05, 3.63) is 35.4 Å². The van der Waals surface area contributed by atoms with E-state index in [2.05, 4.69) is 5.32 Å². The molecule has 3 rings (SSSR count). The summed E-state index contributed by atoms with van der Waals surface area (Å²) in [6, 6.07) is 7.58. The third-order valence-corrected chi connectivity index (χ3v) is 4.40. The van der Waals surface area contributed by atoms with Crippen LogP contribution in [0.15, 0.2) is 24.3 Å². The first-order valence-electron chi connectivity index (χ1n) is 8.15. The van der Waals surface area contributed by atoms with Gasteiger partial charge in [0.05, 0.1) is 0 Å². The van der Waals surface area contributed by atoms with Gasteiger partial charge in [-0.1, -0.05) is 12.1 Å². The molecule has 1 N–H and O–H groups in total. The van der Waals surface area contributed by atoms with Crippen LogP contribution < -0.4 is 5.32 Å². The van der Waals surface area contributed by atoms with Crippen LogP contribution in [0.3, 0.4) is 0 Å². The van der Waals surface area contributed by atoms with Gasteiger partial charge in [-0.2, -0.15) is 0 Å². The van der Waals surface area contributed by atoms with Crippen molar-refractivity contribution in [1.82, 2.24) is 15.1 Å². The third kappa shape index (κ3) is 3.40. The second-order valence-electron chi connectivity index (χ2n) is 6.05. The van der Waals surface area contributed by atoms with Gasteiger partial charge < -0.3 is 15.1 Å². The number of carbonyl (C=O) groups is 2. The summed E-state index contributed by atoms with van der Waals surface area (Å²) < 4.78 is 0. The lowest BCUT2D eigenvalue weighted by atomic mass is 10.1. The lowest BCUT2D eigenvalue weighted by molar-refractivity contribution is 0.0724.